The van der Waals surface area contributed by atoms with Crippen LogP contribution >= 0.6 is 0 Å². The SMILES string of the molecule is CC(=O)c1ccccc1-c1cccc(C(=O)N2CCC[C@H]2C(=O)N(C)C)c1. The van der Waals surface area contributed by atoms with Gasteiger partial charge in [0.25, 0.3) is 5.91 Å². The Labute approximate surface area is 159 Å². The molecule has 1 fully saturated rings. The minimum absolute atomic E-state index is 0.0153. The Bertz CT molecular complexity index is 889. The number of Topliss-reactive ketones (excluding diaryl/α,β-unsaturated/α-hetero) is 1. The molecule has 0 N–H and O–H groups in total. The second-order valence-electron chi connectivity index (χ2n) is 7.07. The van der Waals surface area contributed by atoms with Crippen molar-refractivity contribution in [2.45, 2.75) is 25.8 Å². The maximum atomic E-state index is 13.1. The molecule has 0 radical (unpaired) electrons. The molecule has 1 aliphatic heterocycles. The Hall–Kier alpha value is -2.95. The van der Waals surface area contributed by atoms with Crippen LogP contribution in [-0.4, -0.2) is 54.1 Å². The van der Waals surface area contributed by atoms with E-state index in [9.17, 15) is 14.4 Å². The van der Waals surface area contributed by atoms with Gasteiger partial charge in [0.15, 0.2) is 5.78 Å². The zero-order valence-corrected chi connectivity index (χ0v) is 15.9. The molecular weight excluding hydrogens is 340 g/mol. The summed E-state index contributed by atoms with van der Waals surface area (Å²) in [4.78, 5) is 40.6. The number of amides is 2. The number of likely N-dealkylation sites (N-methyl/N-ethyl adjacent to an activating group) is 1. The quantitative estimate of drug-likeness (QED) is 0.783. The minimum atomic E-state index is -0.402. The highest BCUT2D eigenvalue weighted by atomic mass is 16.2. The minimum Gasteiger partial charge on any atom is -0.347 e. The largest absolute Gasteiger partial charge is 0.347 e. The van der Waals surface area contributed by atoms with Crippen LogP contribution in [0.15, 0.2) is 48.5 Å². The zero-order chi connectivity index (χ0) is 19.6. The van der Waals surface area contributed by atoms with E-state index in [0.717, 1.165) is 17.5 Å². The number of nitrogens with zero attached hydrogens (tertiary/aromatic N) is 2. The monoisotopic (exact) mass is 364 g/mol. The molecule has 0 aromatic heterocycles. The van der Waals surface area contributed by atoms with Gasteiger partial charge in [-0.15, -0.1) is 0 Å². The van der Waals surface area contributed by atoms with Gasteiger partial charge < -0.3 is 9.80 Å². The summed E-state index contributed by atoms with van der Waals surface area (Å²) in [7, 11) is 3.42. The lowest BCUT2D eigenvalue weighted by molar-refractivity contribution is -0.132. The highest BCUT2D eigenvalue weighted by molar-refractivity contribution is 6.02. The molecule has 1 heterocycles. The molecule has 27 heavy (non-hydrogen) atoms. The number of hydrogen-bond acceptors (Lipinski definition) is 3. The predicted molar refractivity (Wildman–Crippen MR) is 105 cm³/mol. The number of carbonyl (C=O) groups is 3. The van der Waals surface area contributed by atoms with Gasteiger partial charge in [-0.25, -0.2) is 0 Å². The molecule has 0 aliphatic carbocycles. The lowest BCUT2D eigenvalue weighted by atomic mass is 9.96. The third-order valence-corrected chi connectivity index (χ3v) is 4.97. The number of benzene rings is 2. The van der Waals surface area contributed by atoms with Crippen molar-refractivity contribution in [3.8, 4) is 11.1 Å². The van der Waals surface area contributed by atoms with E-state index < -0.39 is 6.04 Å². The van der Waals surface area contributed by atoms with Crippen molar-refractivity contribution < 1.29 is 14.4 Å². The van der Waals surface area contributed by atoms with E-state index in [2.05, 4.69) is 0 Å². The molecule has 5 heteroatoms. The predicted octanol–water partition coefficient (Wildman–Crippen LogP) is 3.25. The van der Waals surface area contributed by atoms with Gasteiger partial charge in [0.1, 0.15) is 6.04 Å². The third-order valence-electron chi connectivity index (χ3n) is 4.97. The van der Waals surface area contributed by atoms with E-state index >= 15 is 0 Å². The molecular formula is C22H24N2O3. The van der Waals surface area contributed by atoms with Gasteiger partial charge in [0.05, 0.1) is 0 Å². The second kappa shape index (κ2) is 7.74. The average Bonchev–Trinajstić information content (AvgIpc) is 3.16. The van der Waals surface area contributed by atoms with E-state index in [1.807, 2.05) is 30.3 Å². The summed E-state index contributed by atoms with van der Waals surface area (Å²) in [5, 5.41) is 0. The molecule has 1 saturated heterocycles. The van der Waals surface area contributed by atoms with Gasteiger partial charge in [0, 0.05) is 31.8 Å². The summed E-state index contributed by atoms with van der Waals surface area (Å²) in [6.45, 7) is 2.12. The molecule has 140 valence electrons. The molecule has 2 aromatic carbocycles. The molecule has 0 unspecified atom stereocenters. The summed E-state index contributed by atoms with van der Waals surface area (Å²) in [5.41, 5.74) is 2.79. The molecule has 0 bridgehead atoms. The standard InChI is InChI=1S/C22H24N2O3/c1-15(25)18-10-4-5-11-19(18)16-8-6-9-17(14-16)21(26)24-13-7-12-20(24)22(27)23(2)3/h4-6,8-11,14,20H,7,12-13H2,1-3H3/t20-/m0/s1. The Morgan fingerprint density at radius 1 is 1.04 bits per heavy atom. The van der Waals surface area contributed by atoms with E-state index in [4.69, 9.17) is 0 Å². The maximum absolute atomic E-state index is 13.1. The van der Waals surface area contributed by atoms with Crippen molar-refractivity contribution in [3.63, 3.8) is 0 Å². The van der Waals surface area contributed by atoms with Crippen molar-refractivity contribution in [2.24, 2.45) is 0 Å². The molecule has 2 amide bonds. The van der Waals surface area contributed by atoms with Gasteiger partial charge in [-0.3, -0.25) is 14.4 Å². The van der Waals surface area contributed by atoms with Crippen LogP contribution in [0, 0.1) is 0 Å². The lowest BCUT2D eigenvalue weighted by Gasteiger charge is -2.26. The number of carbonyl (C=O) groups excluding carboxylic acids is 3. The van der Waals surface area contributed by atoms with Gasteiger partial charge in [-0.1, -0.05) is 36.4 Å². The molecule has 5 nitrogen and oxygen atoms in total. The van der Waals surface area contributed by atoms with Crippen molar-refractivity contribution >= 4 is 17.6 Å². The van der Waals surface area contributed by atoms with Crippen molar-refractivity contribution in [3.05, 3.63) is 59.7 Å². The smallest absolute Gasteiger partial charge is 0.254 e. The van der Waals surface area contributed by atoms with Crippen LogP contribution in [0.5, 0.6) is 0 Å². The fourth-order valence-corrected chi connectivity index (χ4v) is 3.59. The number of ketones is 1. The summed E-state index contributed by atoms with van der Waals surface area (Å²) in [6.07, 6.45) is 1.51. The number of rotatable bonds is 4. The van der Waals surface area contributed by atoms with Crippen LogP contribution in [0.2, 0.25) is 0 Å². The molecule has 1 aliphatic rings. The fraction of sp³-hybridized carbons (Fsp3) is 0.318. The molecule has 2 aromatic rings. The first-order valence-corrected chi connectivity index (χ1v) is 9.12. The van der Waals surface area contributed by atoms with Crippen LogP contribution in [0.1, 0.15) is 40.5 Å². The highest BCUT2D eigenvalue weighted by Crippen LogP contribution is 2.27. The zero-order valence-electron chi connectivity index (χ0n) is 15.9. The van der Waals surface area contributed by atoms with Crippen LogP contribution in [0.4, 0.5) is 0 Å². The first kappa shape index (κ1) is 18.8. The van der Waals surface area contributed by atoms with Gasteiger partial charge in [-0.05, 0) is 43.0 Å². The van der Waals surface area contributed by atoms with E-state index in [1.165, 1.54) is 11.8 Å². The van der Waals surface area contributed by atoms with Gasteiger partial charge >= 0.3 is 0 Å². The third kappa shape index (κ3) is 3.77. The Morgan fingerprint density at radius 2 is 1.78 bits per heavy atom. The van der Waals surface area contributed by atoms with Crippen LogP contribution in [0.25, 0.3) is 11.1 Å². The first-order chi connectivity index (χ1) is 12.9. The Kier molecular flexibility index (Phi) is 5.40. The highest BCUT2D eigenvalue weighted by Gasteiger charge is 2.35. The Morgan fingerprint density at radius 3 is 2.48 bits per heavy atom. The summed E-state index contributed by atoms with van der Waals surface area (Å²) >= 11 is 0. The fourth-order valence-electron chi connectivity index (χ4n) is 3.59. The van der Waals surface area contributed by atoms with Crippen LogP contribution in [-0.2, 0) is 4.79 Å². The van der Waals surface area contributed by atoms with Crippen LogP contribution < -0.4 is 0 Å². The summed E-state index contributed by atoms with van der Waals surface area (Å²) in [6, 6.07) is 14.3. The van der Waals surface area contributed by atoms with Gasteiger partial charge in [-0.2, -0.15) is 0 Å². The second-order valence-corrected chi connectivity index (χ2v) is 7.07. The van der Waals surface area contributed by atoms with Crippen molar-refractivity contribution in [1.29, 1.82) is 0 Å². The summed E-state index contributed by atoms with van der Waals surface area (Å²) < 4.78 is 0. The molecule has 0 saturated carbocycles. The molecule has 3 rings (SSSR count). The van der Waals surface area contributed by atoms with Crippen LogP contribution in [0.3, 0.4) is 0 Å². The van der Waals surface area contributed by atoms with Gasteiger partial charge in [0.2, 0.25) is 5.91 Å². The van der Waals surface area contributed by atoms with Crippen molar-refractivity contribution in [1.82, 2.24) is 9.80 Å². The molecule has 1 atom stereocenters. The lowest BCUT2D eigenvalue weighted by Crippen LogP contribution is -2.45. The number of likely N-dealkylation sites (tertiary alicyclic amines) is 1. The first-order valence-electron chi connectivity index (χ1n) is 9.12. The van der Waals surface area contributed by atoms with Crippen molar-refractivity contribution in [2.75, 3.05) is 20.6 Å². The maximum Gasteiger partial charge on any atom is 0.254 e. The topological polar surface area (TPSA) is 57.7 Å². The van der Waals surface area contributed by atoms with E-state index in [0.29, 0.717) is 24.1 Å². The van der Waals surface area contributed by atoms with E-state index in [-0.39, 0.29) is 17.6 Å². The summed E-state index contributed by atoms with van der Waals surface area (Å²) in [5.74, 6) is -0.202. The Balaban J connectivity index is 1.93. The molecule has 0 spiro atoms. The normalized spacial score (nSPS) is 16.3. The number of hydrogen-bond donors (Lipinski definition) is 0. The average molecular weight is 364 g/mol. The van der Waals surface area contributed by atoms with E-state index in [1.54, 1.807) is 37.2 Å².